The van der Waals surface area contributed by atoms with E-state index in [0.29, 0.717) is 18.1 Å². The maximum atomic E-state index is 11.7. The van der Waals surface area contributed by atoms with Crippen LogP contribution in [-0.4, -0.2) is 32.2 Å². The predicted molar refractivity (Wildman–Crippen MR) is 74.6 cm³/mol. The number of alkyl carbamates (subject to hydrolysis) is 1. The molecule has 0 saturated heterocycles. The molecule has 0 unspecified atom stereocenters. The maximum Gasteiger partial charge on any atom is 0.406 e. The zero-order valence-corrected chi connectivity index (χ0v) is 12.0. The van der Waals surface area contributed by atoms with Gasteiger partial charge in [-0.25, -0.2) is 4.79 Å². The first kappa shape index (κ1) is 15.3. The lowest BCUT2D eigenvalue weighted by Gasteiger charge is -2.23. The quantitative estimate of drug-likeness (QED) is 0.923. The van der Waals surface area contributed by atoms with Crippen molar-refractivity contribution in [1.29, 1.82) is 0 Å². The van der Waals surface area contributed by atoms with Gasteiger partial charge in [-0.2, -0.15) is 0 Å². The van der Waals surface area contributed by atoms with Gasteiger partial charge in [-0.05, 0) is 30.7 Å². The second-order valence-corrected chi connectivity index (χ2v) is 4.46. The van der Waals surface area contributed by atoms with Crippen molar-refractivity contribution < 1.29 is 14.3 Å². The van der Waals surface area contributed by atoms with E-state index in [1.807, 2.05) is 6.92 Å². The predicted octanol–water partition coefficient (Wildman–Crippen LogP) is 2.36. The van der Waals surface area contributed by atoms with Gasteiger partial charge < -0.3 is 15.0 Å². The lowest BCUT2D eigenvalue weighted by atomic mass is 10.2. The van der Waals surface area contributed by atoms with Crippen LogP contribution in [0.2, 0.25) is 5.02 Å². The number of hydrogen-bond donors (Lipinski definition) is 1. The van der Waals surface area contributed by atoms with E-state index >= 15 is 0 Å². The third-order valence-corrected chi connectivity index (χ3v) is 2.85. The first-order valence-electron chi connectivity index (χ1n) is 5.81. The standard InChI is InChI=1S/C13H17ClN2O3/c1-9-8-11(14)4-5-12(9)16(10(2)17)7-6-15-13(18)19-3/h4-5,8H,6-7H2,1-3H3,(H,15,18). The van der Waals surface area contributed by atoms with E-state index in [2.05, 4.69) is 10.1 Å². The number of amides is 2. The van der Waals surface area contributed by atoms with Gasteiger partial charge in [-0.15, -0.1) is 0 Å². The van der Waals surface area contributed by atoms with Crippen LogP contribution in [0.25, 0.3) is 0 Å². The highest BCUT2D eigenvalue weighted by molar-refractivity contribution is 6.30. The molecule has 0 radical (unpaired) electrons. The topological polar surface area (TPSA) is 58.6 Å². The number of benzene rings is 1. The Labute approximate surface area is 117 Å². The van der Waals surface area contributed by atoms with Crippen molar-refractivity contribution in [3.63, 3.8) is 0 Å². The van der Waals surface area contributed by atoms with E-state index in [9.17, 15) is 9.59 Å². The summed E-state index contributed by atoms with van der Waals surface area (Å²) >= 11 is 5.89. The van der Waals surface area contributed by atoms with Gasteiger partial charge in [0.2, 0.25) is 5.91 Å². The monoisotopic (exact) mass is 284 g/mol. The second-order valence-electron chi connectivity index (χ2n) is 4.02. The van der Waals surface area contributed by atoms with E-state index in [-0.39, 0.29) is 5.91 Å². The fourth-order valence-electron chi connectivity index (χ4n) is 1.71. The number of ether oxygens (including phenoxy) is 1. The van der Waals surface area contributed by atoms with Gasteiger partial charge in [0.15, 0.2) is 0 Å². The number of hydrogen-bond acceptors (Lipinski definition) is 3. The molecule has 0 aromatic heterocycles. The molecule has 1 aromatic carbocycles. The van der Waals surface area contributed by atoms with Gasteiger partial charge in [-0.3, -0.25) is 4.79 Å². The molecule has 2 amide bonds. The Bertz CT molecular complexity index is 477. The molecule has 1 rings (SSSR count). The lowest BCUT2D eigenvalue weighted by molar-refractivity contribution is -0.116. The molecule has 0 saturated carbocycles. The summed E-state index contributed by atoms with van der Waals surface area (Å²) in [6.07, 6.45) is -0.517. The van der Waals surface area contributed by atoms with E-state index < -0.39 is 6.09 Å². The van der Waals surface area contributed by atoms with Crippen molar-refractivity contribution >= 4 is 29.3 Å². The third-order valence-electron chi connectivity index (χ3n) is 2.62. The Morgan fingerprint density at radius 3 is 2.63 bits per heavy atom. The largest absolute Gasteiger partial charge is 0.453 e. The van der Waals surface area contributed by atoms with Crippen molar-refractivity contribution in [1.82, 2.24) is 5.32 Å². The molecule has 19 heavy (non-hydrogen) atoms. The fourth-order valence-corrected chi connectivity index (χ4v) is 1.94. The molecule has 0 heterocycles. The number of carbonyl (C=O) groups excluding carboxylic acids is 2. The van der Waals surface area contributed by atoms with Crippen molar-refractivity contribution in [2.45, 2.75) is 13.8 Å². The molecule has 104 valence electrons. The number of carbonyl (C=O) groups is 2. The molecule has 1 N–H and O–H groups in total. The number of halogens is 1. The van der Waals surface area contributed by atoms with E-state index in [1.165, 1.54) is 14.0 Å². The molecule has 0 bridgehead atoms. The summed E-state index contributed by atoms with van der Waals surface area (Å²) in [7, 11) is 1.29. The minimum atomic E-state index is -0.517. The molecule has 0 aliphatic heterocycles. The van der Waals surface area contributed by atoms with Gasteiger partial charge in [0.05, 0.1) is 7.11 Å². The second kappa shape index (κ2) is 6.99. The highest BCUT2D eigenvalue weighted by Gasteiger charge is 2.14. The maximum absolute atomic E-state index is 11.7. The average Bonchev–Trinajstić information content (AvgIpc) is 2.35. The smallest absolute Gasteiger partial charge is 0.406 e. The van der Waals surface area contributed by atoms with Crippen LogP contribution in [0.15, 0.2) is 18.2 Å². The Balaban J connectivity index is 2.77. The van der Waals surface area contributed by atoms with Crippen LogP contribution in [0, 0.1) is 6.92 Å². The molecule has 1 aromatic rings. The molecule has 0 atom stereocenters. The summed E-state index contributed by atoms with van der Waals surface area (Å²) in [5.74, 6) is -0.0999. The Morgan fingerprint density at radius 1 is 1.42 bits per heavy atom. The number of aryl methyl sites for hydroxylation is 1. The Kier molecular flexibility index (Phi) is 5.63. The van der Waals surface area contributed by atoms with Crippen LogP contribution in [0.1, 0.15) is 12.5 Å². The highest BCUT2D eigenvalue weighted by atomic mass is 35.5. The van der Waals surface area contributed by atoms with Gasteiger partial charge >= 0.3 is 6.09 Å². The summed E-state index contributed by atoms with van der Waals surface area (Å²) in [5.41, 5.74) is 1.68. The number of nitrogens with zero attached hydrogens (tertiary/aromatic N) is 1. The van der Waals surface area contributed by atoms with Gasteiger partial charge in [0.1, 0.15) is 0 Å². The van der Waals surface area contributed by atoms with E-state index in [1.54, 1.807) is 23.1 Å². The van der Waals surface area contributed by atoms with Crippen LogP contribution in [0.5, 0.6) is 0 Å². The molecule has 0 spiro atoms. The van der Waals surface area contributed by atoms with Crippen LogP contribution in [0.4, 0.5) is 10.5 Å². The van der Waals surface area contributed by atoms with E-state index in [0.717, 1.165) is 11.3 Å². The molecule has 6 heteroatoms. The van der Waals surface area contributed by atoms with Crippen molar-refractivity contribution in [2.75, 3.05) is 25.1 Å². The van der Waals surface area contributed by atoms with Crippen LogP contribution >= 0.6 is 11.6 Å². The van der Waals surface area contributed by atoms with Gasteiger partial charge in [0.25, 0.3) is 0 Å². The number of anilines is 1. The molecule has 0 fully saturated rings. The SMILES string of the molecule is COC(=O)NCCN(C(C)=O)c1ccc(Cl)cc1C. The molecule has 0 aliphatic rings. The normalized spacial score (nSPS) is 9.89. The van der Waals surface area contributed by atoms with Crippen molar-refractivity contribution in [3.8, 4) is 0 Å². The van der Waals surface area contributed by atoms with Crippen molar-refractivity contribution in [3.05, 3.63) is 28.8 Å². The number of methoxy groups -OCH3 is 1. The summed E-state index contributed by atoms with van der Waals surface area (Å²) in [4.78, 5) is 24.2. The Hall–Kier alpha value is -1.75. The average molecular weight is 285 g/mol. The van der Waals surface area contributed by atoms with Gasteiger partial charge in [-0.1, -0.05) is 11.6 Å². The van der Waals surface area contributed by atoms with Crippen LogP contribution in [0.3, 0.4) is 0 Å². The zero-order chi connectivity index (χ0) is 14.4. The molecular weight excluding hydrogens is 268 g/mol. The molecule has 0 aliphatic carbocycles. The van der Waals surface area contributed by atoms with Crippen LogP contribution in [-0.2, 0) is 9.53 Å². The molecular formula is C13H17ClN2O3. The van der Waals surface area contributed by atoms with E-state index in [4.69, 9.17) is 11.6 Å². The van der Waals surface area contributed by atoms with Crippen LogP contribution < -0.4 is 10.2 Å². The molecule has 5 nitrogen and oxygen atoms in total. The first-order valence-corrected chi connectivity index (χ1v) is 6.19. The lowest BCUT2D eigenvalue weighted by Crippen LogP contribution is -2.37. The summed E-state index contributed by atoms with van der Waals surface area (Å²) < 4.78 is 4.47. The summed E-state index contributed by atoms with van der Waals surface area (Å²) in [6.45, 7) is 4.04. The minimum absolute atomic E-state index is 0.0999. The number of nitrogens with one attached hydrogen (secondary N) is 1. The Morgan fingerprint density at radius 2 is 2.11 bits per heavy atom. The zero-order valence-electron chi connectivity index (χ0n) is 11.2. The van der Waals surface area contributed by atoms with Gasteiger partial charge in [0, 0.05) is 30.7 Å². The first-order chi connectivity index (χ1) is 8.95. The third kappa shape index (κ3) is 4.44. The minimum Gasteiger partial charge on any atom is -0.453 e. The van der Waals surface area contributed by atoms with Crippen molar-refractivity contribution in [2.24, 2.45) is 0 Å². The fraction of sp³-hybridized carbons (Fsp3) is 0.385. The summed E-state index contributed by atoms with van der Waals surface area (Å²) in [6, 6.07) is 5.31. The summed E-state index contributed by atoms with van der Waals surface area (Å²) in [5, 5.41) is 3.16. The number of rotatable bonds is 4. The highest BCUT2D eigenvalue weighted by Crippen LogP contribution is 2.23.